The lowest BCUT2D eigenvalue weighted by molar-refractivity contribution is -0.130. The monoisotopic (exact) mass is 307 g/mol. The summed E-state index contributed by atoms with van der Waals surface area (Å²) in [6, 6.07) is 0. The van der Waals surface area contributed by atoms with Crippen LogP contribution in [-0.4, -0.2) is 23.9 Å². The van der Waals surface area contributed by atoms with Crippen molar-refractivity contribution in [2.75, 3.05) is 13.1 Å². The van der Waals surface area contributed by atoms with Crippen molar-refractivity contribution in [3.05, 3.63) is 12.2 Å². The molecule has 1 amide bonds. The van der Waals surface area contributed by atoms with Gasteiger partial charge in [0.1, 0.15) is 0 Å². The van der Waals surface area contributed by atoms with E-state index in [4.69, 9.17) is 0 Å². The molecule has 1 saturated heterocycles. The highest BCUT2D eigenvalue weighted by Gasteiger charge is 2.16. The number of likely N-dealkylation sites (tertiary alicyclic amines) is 1. The average molecular weight is 308 g/mol. The number of carbonyl (C=O) groups is 1. The van der Waals surface area contributed by atoms with Crippen LogP contribution in [0.15, 0.2) is 12.2 Å². The maximum absolute atomic E-state index is 11.8. The van der Waals surface area contributed by atoms with E-state index in [2.05, 4.69) is 19.1 Å². The summed E-state index contributed by atoms with van der Waals surface area (Å²) in [6.07, 6.45) is 22.2. The summed E-state index contributed by atoms with van der Waals surface area (Å²) in [5, 5.41) is 0. The van der Waals surface area contributed by atoms with Crippen LogP contribution < -0.4 is 0 Å². The molecule has 0 N–H and O–H groups in total. The van der Waals surface area contributed by atoms with Crippen LogP contribution in [0.3, 0.4) is 0 Å². The zero-order valence-corrected chi connectivity index (χ0v) is 14.8. The number of hydrogen-bond acceptors (Lipinski definition) is 1. The summed E-state index contributed by atoms with van der Waals surface area (Å²) in [5.41, 5.74) is 0. The van der Waals surface area contributed by atoms with Crippen molar-refractivity contribution in [2.45, 2.75) is 96.8 Å². The zero-order chi connectivity index (χ0) is 15.9. The predicted molar refractivity (Wildman–Crippen MR) is 96.0 cm³/mol. The lowest BCUT2D eigenvalue weighted by atomic mass is 10.1. The van der Waals surface area contributed by atoms with Gasteiger partial charge in [-0.3, -0.25) is 4.79 Å². The van der Waals surface area contributed by atoms with Crippen LogP contribution >= 0.6 is 0 Å². The smallest absolute Gasteiger partial charge is 0.222 e. The molecule has 0 saturated carbocycles. The fourth-order valence-electron chi connectivity index (χ4n) is 3.13. The normalized spacial score (nSPS) is 15.0. The number of carbonyl (C=O) groups excluding carboxylic acids is 1. The number of nitrogens with zero attached hydrogens (tertiary/aromatic N) is 1. The summed E-state index contributed by atoms with van der Waals surface area (Å²) in [5.74, 6) is 0.369. The molecule has 1 fully saturated rings. The number of rotatable bonds is 13. The molecule has 0 radical (unpaired) electrons. The summed E-state index contributed by atoms with van der Waals surface area (Å²) >= 11 is 0. The van der Waals surface area contributed by atoms with Gasteiger partial charge in [-0.05, 0) is 38.5 Å². The first-order valence-corrected chi connectivity index (χ1v) is 9.77. The van der Waals surface area contributed by atoms with Gasteiger partial charge in [0.25, 0.3) is 0 Å². The summed E-state index contributed by atoms with van der Waals surface area (Å²) in [4.78, 5) is 13.9. The topological polar surface area (TPSA) is 20.3 Å². The first-order valence-electron chi connectivity index (χ1n) is 9.77. The van der Waals surface area contributed by atoms with Gasteiger partial charge in [0.05, 0.1) is 0 Å². The number of allylic oxidation sites excluding steroid dienone is 2. The molecule has 0 spiro atoms. The Hall–Kier alpha value is -0.790. The molecule has 0 aromatic heterocycles. The minimum atomic E-state index is 0.369. The second kappa shape index (κ2) is 13.8. The molecular formula is C20H37NO. The van der Waals surface area contributed by atoms with E-state index in [0.717, 1.165) is 32.4 Å². The van der Waals surface area contributed by atoms with Crippen LogP contribution in [0.1, 0.15) is 96.8 Å². The van der Waals surface area contributed by atoms with Crippen molar-refractivity contribution in [3.8, 4) is 0 Å². The van der Waals surface area contributed by atoms with Gasteiger partial charge in [-0.2, -0.15) is 0 Å². The Morgan fingerprint density at radius 1 is 0.818 bits per heavy atom. The van der Waals surface area contributed by atoms with E-state index >= 15 is 0 Å². The van der Waals surface area contributed by atoms with E-state index in [-0.39, 0.29) is 0 Å². The quantitative estimate of drug-likeness (QED) is 0.308. The van der Waals surface area contributed by atoms with Gasteiger partial charge < -0.3 is 4.90 Å². The molecule has 0 atom stereocenters. The third kappa shape index (κ3) is 10.0. The maximum atomic E-state index is 11.8. The fourth-order valence-corrected chi connectivity index (χ4v) is 3.13. The summed E-state index contributed by atoms with van der Waals surface area (Å²) in [7, 11) is 0. The van der Waals surface area contributed by atoms with E-state index in [9.17, 15) is 4.79 Å². The molecule has 2 nitrogen and oxygen atoms in total. The minimum absolute atomic E-state index is 0.369. The molecule has 0 aromatic rings. The molecule has 1 rings (SSSR count). The van der Waals surface area contributed by atoms with Crippen LogP contribution in [0.4, 0.5) is 0 Å². The van der Waals surface area contributed by atoms with Crippen molar-refractivity contribution in [3.63, 3.8) is 0 Å². The van der Waals surface area contributed by atoms with Crippen LogP contribution in [0.2, 0.25) is 0 Å². The first-order chi connectivity index (χ1) is 10.8. The number of hydrogen-bond donors (Lipinski definition) is 0. The van der Waals surface area contributed by atoms with E-state index in [0.29, 0.717) is 5.91 Å². The van der Waals surface area contributed by atoms with E-state index in [1.165, 1.54) is 70.6 Å². The number of amides is 1. The second-order valence-electron chi connectivity index (χ2n) is 6.72. The van der Waals surface area contributed by atoms with Gasteiger partial charge in [-0.15, -0.1) is 0 Å². The Morgan fingerprint density at radius 2 is 1.36 bits per heavy atom. The fraction of sp³-hybridized carbons (Fsp3) is 0.850. The zero-order valence-electron chi connectivity index (χ0n) is 14.8. The Labute approximate surface area is 138 Å². The largest absolute Gasteiger partial charge is 0.343 e. The minimum Gasteiger partial charge on any atom is -0.343 e. The molecule has 128 valence electrons. The van der Waals surface area contributed by atoms with Gasteiger partial charge in [0.2, 0.25) is 5.91 Å². The molecule has 0 aliphatic carbocycles. The summed E-state index contributed by atoms with van der Waals surface area (Å²) in [6.45, 7) is 4.26. The van der Waals surface area contributed by atoms with Crippen molar-refractivity contribution in [1.29, 1.82) is 0 Å². The molecule has 2 heteroatoms. The SMILES string of the molecule is CCCCCCCCCC/C=C\CCCC(=O)N1CCCC1. The van der Waals surface area contributed by atoms with Gasteiger partial charge in [0.15, 0.2) is 0 Å². The highest BCUT2D eigenvalue weighted by atomic mass is 16.2. The standard InChI is InChI=1S/C20H37NO/c1-2-3-4-5-6-7-8-9-10-11-12-13-14-17-20(22)21-18-15-16-19-21/h11-12H,2-10,13-19H2,1H3/b12-11-. The van der Waals surface area contributed by atoms with E-state index < -0.39 is 0 Å². The van der Waals surface area contributed by atoms with Crippen molar-refractivity contribution in [2.24, 2.45) is 0 Å². The Bertz CT molecular complexity index is 292. The highest BCUT2D eigenvalue weighted by Crippen LogP contribution is 2.12. The third-order valence-corrected chi connectivity index (χ3v) is 4.61. The lowest BCUT2D eigenvalue weighted by Crippen LogP contribution is -2.27. The Balaban J connectivity index is 1.81. The van der Waals surface area contributed by atoms with Gasteiger partial charge in [-0.25, -0.2) is 0 Å². The average Bonchev–Trinajstić information content (AvgIpc) is 3.06. The maximum Gasteiger partial charge on any atom is 0.222 e. The molecular weight excluding hydrogens is 270 g/mol. The van der Waals surface area contributed by atoms with Gasteiger partial charge in [-0.1, -0.05) is 64.0 Å². The molecule has 0 unspecified atom stereocenters. The Morgan fingerprint density at radius 3 is 2.00 bits per heavy atom. The number of unbranched alkanes of at least 4 members (excludes halogenated alkanes) is 9. The van der Waals surface area contributed by atoms with E-state index in [1.54, 1.807) is 0 Å². The van der Waals surface area contributed by atoms with Crippen molar-refractivity contribution in [1.82, 2.24) is 4.90 Å². The van der Waals surface area contributed by atoms with Crippen molar-refractivity contribution < 1.29 is 4.79 Å². The third-order valence-electron chi connectivity index (χ3n) is 4.61. The molecule has 0 aromatic carbocycles. The second-order valence-corrected chi connectivity index (χ2v) is 6.72. The highest BCUT2D eigenvalue weighted by molar-refractivity contribution is 5.76. The van der Waals surface area contributed by atoms with E-state index in [1.807, 2.05) is 4.90 Å². The van der Waals surface area contributed by atoms with Gasteiger partial charge >= 0.3 is 0 Å². The molecule has 1 aliphatic heterocycles. The lowest BCUT2D eigenvalue weighted by Gasteiger charge is -2.14. The summed E-state index contributed by atoms with van der Waals surface area (Å²) < 4.78 is 0. The van der Waals surface area contributed by atoms with Crippen LogP contribution in [0.25, 0.3) is 0 Å². The van der Waals surface area contributed by atoms with Crippen molar-refractivity contribution >= 4 is 5.91 Å². The first kappa shape index (κ1) is 19.3. The van der Waals surface area contributed by atoms with Crippen LogP contribution in [0, 0.1) is 0 Å². The van der Waals surface area contributed by atoms with Crippen LogP contribution in [0.5, 0.6) is 0 Å². The van der Waals surface area contributed by atoms with Crippen LogP contribution in [-0.2, 0) is 4.79 Å². The molecule has 0 bridgehead atoms. The Kier molecular flexibility index (Phi) is 12.1. The molecule has 22 heavy (non-hydrogen) atoms. The molecule has 1 aliphatic rings. The molecule has 1 heterocycles. The predicted octanol–water partition coefficient (Wildman–Crippen LogP) is 5.87. The van der Waals surface area contributed by atoms with Gasteiger partial charge in [0, 0.05) is 19.5 Å².